The number of hydrogen-bond donors (Lipinski definition) is 1. The predicted molar refractivity (Wildman–Crippen MR) is 123 cm³/mol. The van der Waals surface area contributed by atoms with E-state index >= 15 is 0 Å². The Bertz CT molecular complexity index is 1300. The molecule has 8 heteroatoms. The van der Waals surface area contributed by atoms with Gasteiger partial charge in [0, 0.05) is 31.9 Å². The van der Waals surface area contributed by atoms with Gasteiger partial charge < -0.3 is 5.32 Å². The van der Waals surface area contributed by atoms with Crippen molar-refractivity contribution in [2.24, 2.45) is 12.5 Å². The summed E-state index contributed by atoms with van der Waals surface area (Å²) in [5.41, 5.74) is 3.87. The molecule has 8 nitrogen and oxygen atoms in total. The average molecular weight is 432 g/mol. The lowest BCUT2D eigenvalue weighted by Crippen LogP contribution is -2.41. The van der Waals surface area contributed by atoms with Crippen LogP contribution in [0.2, 0.25) is 0 Å². The summed E-state index contributed by atoms with van der Waals surface area (Å²) in [4.78, 5) is 17.9. The van der Waals surface area contributed by atoms with Crippen LogP contribution in [0.1, 0.15) is 59.7 Å². The fraction of sp³-hybridized carbons (Fsp3) is 0.458. The number of rotatable bonds is 5. The molecule has 1 saturated carbocycles. The van der Waals surface area contributed by atoms with Crippen molar-refractivity contribution in [1.82, 2.24) is 34.7 Å². The molecule has 0 aromatic carbocycles. The second-order valence-corrected chi connectivity index (χ2v) is 9.18. The third-order valence-corrected chi connectivity index (χ3v) is 6.80. The van der Waals surface area contributed by atoms with E-state index in [1.165, 1.54) is 19.3 Å². The fourth-order valence-corrected chi connectivity index (χ4v) is 5.18. The van der Waals surface area contributed by atoms with Crippen molar-refractivity contribution in [1.29, 1.82) is 0 Å². The summed E-state index contributed by atoms with van der Waals surface area (Å²) in [6, 6.07) is 7.82. The van der Waals surface area contributed by atoms with E-state index in [1.807, 2.05) is 51.4 Å². The minimum absolute atomic E-state index is 0.0160. The predicted octanol–water partition coefficient (Wildman–Crippen LogP) is 3.55. The molecule has 166 valence electrons. The Labute approximate surface area is 187 Å². The molecule has 4 aromatic heterocycles. The highest BCUT2D eigenvalue weighted by Gasteiger charge is 2.34. The number of aromatic nitrogens is 6. The van der Waals surface area contributed by atoms with Crippen LogP contribution in [0.3, 0.4) is 0 Å². The first-order valence-corrected chi connectivity index (χ1v) is 11.3. The quantitative estimate of drug-likeness (QED) is 0.522. The summed E-state index contributed by atoms with van der Waals surface area (Å²) in [5.74, 6) is 0.898. The number of aryl methyl sites for hydroxylation is 3. The van der Waals surface area contributed by atoms with Gasteiger partial charge in [0.05, 0.1) is 16.6 Å². The van der Waals surface area contributed by atoms with E-state index in [0.717, 1.165) is 53.2 Å². The molecule has 1 fully saturated rings. The highest BCUT2D eigenvalue weighted by Crippen LogP contribution is 2.38. The highest BCUT2D eigenvalue weighted by atomic mass is 16.1. The Morgan fingerprint density at radius 1 is 1.16 bits per heavy atom. The van der Waals surface area contributed by atoms with Gasteiger partial charge in [0.1, 0.15) is 5.82 Å². The largest absolute Gasteiger partial charge is 0.351 e. The van der Waals surface area contributed by atoms with Crippen LogP contribution < -0.4 is 5.32 Å². The molecule has 0 spiro atoms. The maximum atomic E-state index is 13.4. The van der Waals surface area contributed by atoms with E-state index in [2.05, 4.69) is 30.0 Å². The standard InChI is InChI=1S/C24H29N7O/c1-16-13-18(21-17(2)29-30(3)22(21)26-16)23(32)25-15-24(10-6-4-7-11-24)14-20-28-27-19-9-5-8-12-31(19)20/h5,8-9,12-13H,4,6-7,10-11,14-15H2,1-3H3,(H,25,32). The summed E-state index contributed by atoms with van der Waals surface area (Å²) < 4.78 is 3.81. The molecule has 0 radical (unpaired) electrons. The van der Waals surface area contributed by atoms with Gasteiger partial charge in [-0.1, -0.05) is 25.3 Å². The number of nitrogens with zero attached hydrogens (tertiary/aromatic N) is 6. The van der Waals surface area contributed by atoms with Gasteiger partial charge in [0.15, 0.2) is 11.3 Å². The zero-order valence-corrected chi connectivity index (χ0v) is 18.9. The van der Waals surface area contributed by atoms with Gasteiger partial charge >= 0.3 is 0 Å². The third kappa shape index (κ3) is 3.63. The van der Waals surface area contributed by atoms with E-state index in [1.54, 1.807) is 4.68 Å². The Kier molecular flexibility index (Phi) is 5.15. The van der Waals surface area contributed by atoms with E-state index in [-0.39, 0.29) is 11.3 Å². The topological polar surface area (TPSA) is 90.0 Å². The molecule has 5 rings (SSSR count). The molecule has 0 unspecified atom stereocenters. The van der Waals surface area contributed by atoms with Crippen molar-refractivity contribution in [2.75, 3.05) is 6.54 Å². The molecule has 4 heterocycles. The fourth-order valence-electron chi connectivity index (χ4n) is 5.18. The van der Waals surface area contributed by atoms with Crippen molar-refractivity contribution in [3.63, 3.8) is 0 Å². The summed E-state index contributed by atoms with van der Waals surface area (Å²) in [6.45, 7) is 4.46. The second kappa shape index (κ2) is 8.00. The van der Waals surface area contributed by atoms with Crippen molar-refractivity contribution >= 4 is 22.6 Å². The molecule has 1 amide bonds. The van der Waals surface area contributed by atoms with Gasteiger partial charge in [-0.2, -0.15) is 5.10 Å². The lowest BCUT2D eigenvalue weighted by Gasteiger charge is -2.37. The third-order valence-electron chi connectivity index (χ3n) is 6.80. The maximum absolute atomic E-state index is 13.4. The molecule has 0 aliphatic heterocycles. The van der Waals surface area contributed by atoms with Crippen LogP contribution in [-0.4, -0.2) is 41.8 Å². The Morgan fingerprint density at radius 3 is 2.78 bits per heavy atom. The molecular formula is C24H29N7O. The van der Waals surface area contributed by atoms with Crippen LogP contribution in [0.15, 0.2) is 30.5 Å². The van der Waals surface area contributed by atoms with Gasteiger partial charge in [-0.15, -0.1) is 10.2 Å². The van der Waals surface area contributed by atoms with Crippen LogP contribution in [0.5, 0.6) is 0 Å². The highest BCUT2D eigenvalue weighted by molar-refractivity contribution is 6.06. The Balaban J connectivity index is 1.42. The van der Waals surface area contributed by atoms with E-state index in [4.69, 9.17) is 0 Å². The molecular weight excluding hydrogens is 402 g/mol. The summed E-state index contributed by atoms with van der Waals surface area (Å²) in [6.07, 6.45) is 8.56. The Hall–Kier alpha value is -3.29. The van der Waals surface area contributed by atoms with Gasteiger partial charge in [-0.25, -0.2) is 4.98 Å². The van der Waals surface area contributed by atoms with Crippen LogP contribution in [-0.2, 0) is 13.5 Å². The summed E-state index contributed by atoms with van der Waals surface area (Å²) in [5, 5.41) is 17.4. The molecule has 4 aromatic rings. The first kappa shape index (κ1) is 20.6. The first-order valence-electron chi connectivity index (χ1n) is 11.3. The zero-order valence-electron chi connectivity index (χ0n) is 18.9. The number of fused-ring (bicyclic) bond motifs is 2. The Morgan fingerprint density at radius 2 is 1.97 bits per heavy atom. The number of amides is 1. The molecule has 32 heavy (non-hydrogen) atoms. The summed E-state index contributed by atoms with van der Waals surface area (Å²) in [7, 11) is 1.86. The molecule has 1 N–H and O–H groups in total. The van der Waals surface area contributed by atoms with Crippen molar-refractivity contribution < 1.29 is 4.79 Å². The molecule has 0 saturated heterocycles. The summed E-state index contributed by atoms with van der Waals surface area (Å²) >= 11 is 0. The van der Waals surface area contributed by atoms with Gasteiger partial charge in [-0.3, -0.25) is 13.9 Å². The van der Waals surface area contributed by atoms with Gasteiger partial charge in [0.25, 0.3) is 5.91 Å². The molecule has 0 atom stereocenters. The van der Waals surface area contributed by atoms with E-state index < -0.39 is 0 Å². The smallest absolute Gasteiger partial charge is 0.252 e. The minimum atomic E-state index is -0.0624. The van der Waals surface area contributed by atoms with E-state index in [0.29, 0.717) is 12.1 Å². The lowest BCUT2D eigenvalue weighted by atomic mass is 9.71. The number of pyridine rings is 2. The maximum Gasteiger partial charge on any atom is 0.252 e. The number of carbonyl (C=O) groups excluding carboxylic acids is 1. The molecule has 1 aliphatic rings. The minimum Gasteiger partial charge on any atom is -0.351 e. The van der Waals surface area contributed by atoms with Gasteiger partial charge in [-0.05, 0) is 50.3 Å². The monoisotopic (exact) mass is 431 g/mol. The lowest BCUT2D eigenvalue weighted by molar-refractivity contribution is 0.0908. The normalized spacial score (nSPS) is 16.0. The second-order valence-electron chi connectivity index (χ2n) is 9.18. The van der Waals surface area contributed by atoms with Crippen LogP contribution in [0.4, 0.5) is 0 Å². The molecule has 0 bridgehead atoms. The number of carbonyl (C=O) groups is 1. The van der Waals surface area contributed by atoms with E-state index in [9.17, 15) is 4.79 Å². The van der Waals surface area contributed by atoms with Gasteiger partial charge in [0.2, 0.25) is 0 Å². The zero-order chi connectivity index (χ0) is 22.3. The number of hydrogen-bond acceptors (Lipinski definition) is 5. The van der Waals surface area contributed by atoms with Crippen molar-refractivity contribution in [3.05, 3.63) is 53.2 Å². The number of nitrogens with one attached hydrogen (secondary N) is 1. The SMILES string of the molecule is Cc1cc(C(=O)NCC2(Cc3nnc4ccccn34)CCCCC2)c2c(C)nn(C)c2n1. The van der Waals surface area contributed by atoms with Crippen molar-refractivity contribution in [2.45, 2.75) is 52.4 Å². The van der Waals surface area contributed by atoms with Crippen LogP contribution in [0.25, 0.3) is 16.7 Å². The van der Waals surface area contributed by atoms with Crippen LogP contribution in [0, 0.1) is 19.3 Å². The average Bonchev–Trinajstić information content (AvgIpc) is 3.32. The van der Waals surface area contributed by atoms with Crippen LogP contribution >= 0.6 is 0 Å². The van der Waals surface area contributed by atoms with Crippen molar-refractivity contribution in [3.8, 4) is 0 Å². The molecule has 1 aliphatic carbocycles. The first-order chi connectivity index (χ1) is 15.5.